The highest BCUT2D eigenvalue weighted by Crippen LogP contribution is 2.05. The standard InChI is InChI=1S/C20H42N2Si/c1-5-8-10-12-14-16-21-20(19-23(4)18-7-3)22-17-15-13-11-9-6-2/h7,23H,3,5-6,8-19H2,1-2,4H3,(H,21,22). The molecule has 1 atom stereocenters. The second-order valence-electron chi connectivity index (χ2n) is 6.92. The van der Waals surface area contributed by atoms with Gasteiger partial charge in [0.05, 0.1) is 5.84 Å². The van der Waals surface area contributed by atoms with Crippen molar-refractivity contribution in [2.45, 2.75) is 96.7 Å². The van der Waals surface area contributed by atoms with Crippen molar-refractivity contribution in [3.63, 3.8) is 0 Å². The average Bonchev–Trinajstić information content (AvgIpc) is 2.53. The van der Waals surface area contributed by atoms with E-state index in [1.54, 1.807) is 0 Å². The van der Waals surface area contributed by atoms with Crippen molar-refractivity contribution < 1.29 is 0 Å². The summed E-state index contributed by atoms with van der Waals surface area (Å²) in [6.07, 6.45) is 15.4. The maximum atomic E-state index is 4.88. The number of unbranched alkanes of at least 4 members (excludes halogenated alkanes) is 8. The quantitative estimate of drug-likeness (QED) is 0.121. The summed E-state index contributed by atoms with van der Waals surface area (Å²) < 4.78 is 0. The van der Waals surface area contributed by atoms with Crippen LogP contribution in [0.1, 0.15) is 78.1 Å². The molecule has 0 radical (unpaired) electrons. The summed E-state index contributed by atoms with van der Waals surface area (Å²) in [5, 5.41) is 3.64. The molecular formula is C20H42N2Si. The van der Waals surface area contributed by atoms with Crippen LogP contribution in [0, 0.1) is 0 Å². The highest BCUT2D eigenvalue weighted by Gasteiger charge is 2.07. The van der Waals surface area contributed by atoms with E-state index in [1.165, 1.54) is 82.1 Å². The molecule has 0 heterocycles. The molecule has 0 rings (SSSR count). The van der Waals surface area contributed by atoms with E-state index in [2.05, 4.69) is 38.4 Å². The molecule has 1 unspecified atom stereocenters. The molecule has 0 aromatic rings. The van der Waals surface area contributed by atoms with Gasteiger partial charge in [0.1, 0.15) is 0 Å². The molecule has 0 aromatic heterocycles. The fraction of sp³-hybridized carbons (Fsp3) is 0.850. The lowest BCUT2D eigenvalue weighted by Gasteiger charge is -2.13. The van der Waals surface area contributed by atoms with Crippen molar-refractivity contribution in [1.82, 2.24) is 5.32 Å². The summed E-state index contributed by atoms with van der Waals surface area (Å²) in [4.78, 5) is 4.88. The van der Waals surface area contributed by atoms with E-state index >= 15 is 0 Å². The van der Waals surface area contributed by atoms with Gasteiger partial charge < -0.3 is 5.32 Å². The lowest BCUT2D eigenvalue weighted by atomic mass is 10.1. The summed E-state index contributed by atoms with van der Waals surface area (Å²) in [6.45, 7) is 13.0. The van der Waals surface area contributed by atoms with E-state index in [9.17, 15) is 0 Å². The van der Waals surface area contributed by atoms with Crippen LogP contribution < -0.4 is 5.32 Å². The van der Waals surface area contributed by atoms with Gasteiger partial charge in [0.15, 0.2) is 0 Å². The first-order valence-electron chi connectivity index (χ1n) is 10.1. The molecule has 0 aliphatic rings. The van der Waals surface area contributed by atoms with Gasteiger partial charge in [-0.25, -0.2) is 0 Å². The Balaban J connectivity index is 4.03. The van der Waals surface area contributed by atoms with Crippen LogP contribution in [-0.2, 0) is 0 Å². The SMILES string of the molecule is C=CC[SiH](C)CC(=NCCCCCCC)NCCCCCCC. The number of hydrogen-bond donors (Lipinski definition) is 1. The van der Waals surface area contributed by atoms with Gasteiger partial charge in [-0.3, -0.25) is 4.99 Å². The monoisotopic (exact) mass is 338 g/mol. The minimum absolute atomic E-state index is 0.711. The first kappa shape index (κ1) is 22.4. The van der Waals surface area contributed by atoms with Crippen molar-refractivity contribution in [2.75, 3.05) is 13.1 Å². The molecule has 23 heavy (non-hydrogen) atoms. The van der Waals surface area contributed by atoms with Crippen LogP contribution in [0.5, 0.6) is 0 Å². The Labute approximate surface area is 147 Å². The van der Waals surface area contributed by atoms with E-state index in [0.29, 0.717) is 0 Å². The number of aliphatic imine (C=N–C) groups is 1. The van der Waals surface area contributed by atoms with Gasteiger partial charge in [0.2, 0.25) is 0 Å². The Bertz CT molecular complexity index is 289. The van der Waals surface area contributed by atoms with Gasteiger partial charge >= 0.3 is 0 Å². The summed E-state index contributed by atoms with van der Waals surface area (Å²) in [5.74, 6) is 1.29. The Morgan fingerprint density at radius 2 is 1.57 bits per heavy atom. The second kappa shape index (κ2) is 17.8. The fourth-order valence-corrected chi connectivity index (χ4v) is 4.45. The predicted octanol–water partition coefficient (Wildman–Crippen LogP) is 5.96. The number of nitrogens with one attached hydrogen (secondary N) is 1. The van der Waals surface area contributed by atoms with E-state index in [-0.39, 0.29) is 0 Å². The van der Waals surface area contributed by atoms with Crippen molar-refractivity contribution >= 4 is 14.6 Å². The zero-order valence-corrected chi connectivity index (χ0v) is 17.4. The Hall–Kier alpha value is -0.573. The highest BCUT2D eigenvalue weighted by molar-refractivity contribution is 6.61. The first-order chi connectivity index (χ1) is 11.2. The van der Waals surface area contributed by atoms with Crippen LogP contribution in [0.15, 0.2) is 17.6 Å². The molecule has 0 spiro atoms. The van der Waals surface area contributed by atoms with Crippen molar-refractivity contribution in [2.24, 2.45) is 4.99 Å². The molecule has 2 nitrogen and oxygen atoms in total. The van der Waals surface area contributed by atoms with Crippen molar-refractivity contribution in [1.29, 1.82) is 0 Å². The van der Waals surface area contributed by atoms with E-state index < -0.39 is 8.80 Å². The fourth-order valence-electron chi connectivity index (χ4n) is 2.78. The summed E-state index contributed by atoms with van der Waals surface area (Å²) in [7, 11) is -0.711. The van der Waals surface area contributed by atoms with Crippen LogP contribution in [0.3, 0.4) is 0 Å². The topological polar surface area (TPSA) is 24.4 Å². The first-order valence-corrected chi connectivity index (χ1v) is 12.9. The number of hydrogen-bond acceptors (Lipinski definition) is 1. The third kappa shape index (κ3) is 16.1. The smallest absolute Gasteiger partial charge is 0.0933 e. The predicted molar refractivity (Wildman–Crippen MR) is 111 cm³/mol. The lowest BCUT2D eigenvalue weighted by molar-refractivity contribution is 0.621. The van der Waals surface area contributed by atoms with Gasteiger partial charge in [-0.2, -0.15) is 0 Å². The molecule has 1 N–H and O–H groups in total. The molecule has 0 saturated carbocycles. The summed E-state index contributed by atoms with van der Waals surface area (Å²) >= 11 is 0. The Morgan fingerprint density at radius 3 is 2.17 bits per heavy atom. The normalized spacial score (nSPS) is 13.1. The van der Waals surface area contributed by atoms with Crippen LogP contribution in [0.4, 0.5) is 0 Å². The van der Waals surface area contributed by atoms with Crippen molar-refractivity contribution in [3.8, 4) is 0 Å². The number of allylic oxidation sites excluding steroid dienone is 1. The van der Waals surface area contributed by atoms with Gasteiger partial charge in [-0.1, -0.05) is 77.8 Å². The minimum atomic E-state index is -0.711. The Morgan fingerprint density at radius 1 is 0.957 bits per heavy atom. The molecule has 0 saturated heterocycles. The third-order valence-corrected chi connectivity index (χ3v) is 6.51. The molecule has 0 bridgehead atoms. The summed E-state index contributed by atoms with van der Waals surface area (Å²) in [6, 6.07) is 2.42. The second-order valence-corrected chi connectivity index (χ2v) is 10.0. The highest BCUT2D eigenvalue weighted by atomic mass is 28.3. The van der Waals surface area contributed by atoms with Gasteiger partial charge in [-0.05, 0) is 24.9 Å². The van der Waals surface area contributed by atoms with Crippen LogP contribution in [0.25, 0.3) is 0 Å². The van der Waals surface area contributed by atoms with Crippen LogP contribution in [0.2, 0.25) is 18.6 Å². The molecule has 0 fully saturated rings. The molecule has 0 aliphatic carbocycles. The molecule has 3 heteroatoms. The van der Waals surface area contributed by atoms with E-state index in [0.717, 1.165) is 13.1 Å². The zero-order chi connectivity index (χ0) is 17.2. The van der Waals surface area contributed by atoms with E-state index in [1.807, 2.05) is 0 Å². The number of amidine groups is 1. The molecule has 0 aromatic carbocycles. The number of nitrogens with zero attached hydrogens (tertiary/aromatic N) is 1. The zero-order valence-electron chi connectivity index (χ0n) is 16.2. The van der Waals surface area contributed by atoms with Gasteiger partial charge in [0.25, 0.3) is 0 Å². The maximum absolute atomic E-state index is 4.88. The summed E-state index contributed by atoms with van der Waals surface area (Å²) in [5.41, 5.74) is 0. The Kier molecular flexibility index (Phi) is 17.3. The van der Waals surface area contributed by atoms with E-state index in [4.69, 9.17) is 4.99 Å². The van der Waals surface area contributed by atoms with Gasteiger partial charge in [-0.15, -0.1) is 6.58 Å². The van der Waals surface area contributed by atoms with Crippen LogP contribution in [-0.4, -0.2) is 27.7 Å². The molecule has 0 amide bonds. The average molecular weight is 339 g/mol. The largest absolute Gasteiger partial charge is 0.374 e. The lowest BCUT2D eigenvalue weighted by Crippen LogP contribution is -2.28. The van der Waals surface area contributed by atoms with Crippen molar-refractivity contribution in [3.05, 3.63) is 12.7 Å². The molecule has 136 valence electrons. The third-order valence-electron chi connectivity index (χ3n) is 4.28. The maximum Gasteiger partial charge on any atom is 0.0933 e. The molecular weight excluding hydrogens is 296 g/mol. The van der Waals surface area contributed by atoms with Gasteiger partial charge in [0, 0.05) is 21.9 Å². The minimum Gasteiger partial charge on any atom is -0.374 e. The molecule has 0 aliphatic heterocycles. The number of rotatable bonds is 16. The van der Waals surface area contributed by atoms with Crippen LogP contribution >= 0.6 is 0 Å².